The van der Waals surface area contributed by atoms with Gasteiger partial charge in [0.15, 0.2) is 0 Å². The van der Waals surface area contributed by atoms with Crippen molar-refractivity contribution in [2.45, 2.75) is 0 Å². The number of hydrogen-bond acceptors (Lipinski definition) is 4. The van der Waals surface area contributed by atoms with Crippen molar-refractivity contribution >= 4 is 11.6 Å². The van der Waals surface area contributed by atoms with Crippen LogP contribution >= 0.6 is 0 Å². The number of amides is 1. The highest BCUT2D eigenvalue weighted by Crippen LogP contribution is 2.23. The zero-order valence-electron chi connectivity index (χ0n) is 9.09. The molecule has 0 aliphatic heterocycles. The van der Waals surface area contributed by atoms with Crippen LogP contribution in [0.5, 0.6) is 11.5 Å². The molecule has 0 saturated heterocycles. The molecule has 92 valence electrons. The molecule has 5 nitrogen and oxygen atoms in total. The number of halogens is 1. The van der Waals surface area contributed by atoms with Crippen molar-refractivity contribution in [3.63, 3.8) is 0 Å². The van der Waals surface area contributed by atoms with Crippen LogP contribution in [0.25, 0.3) is 0 Å². The summed E-state index contributed by atoms with van der Waals surface area (Å²) >= 11 is 0. The summed E-state index contributed by atoms with van der Waals surface area (Å²) in [5, 5.41) is 21.1. The third-order valence-electron chi connectivity index (χ3n) is 2.21. The first-order chi connectivity index (χ1) is 8.56. The Morgan fingerprint density at radius 3 is 2.67 bits per heavy atom. The van der Waals surface area contributed by atoms with Gasteiger partial charge in [0.25, 0.3) is 5.91 Å². The van der Waals surface area contributed by atoms with Gasteiger partial charge >= 0.3 is 0 Å². The van der Waals surface area contributed by atoms with Gasteiger partial charge in [0.2, 0.25) is 5.95 Å². The number of nitrogens with zero attached hydrogens (tertiary/aromatic N) is 1. The van der Waals surface area contributed by atoms with Crippen molar-refractivity contribution in [2.75, 3.05) is 5.32 Å². The molecule has 1 amide bonds. The number of anilines is 1. The lowest BCUT2D eigenvalue weighted by atomic mass is 10.1. The van der Waals surface area contributed by atoms with Crippen LogP contribution in [0.15, 0.2) is 36.5 Å². The third kappa shape index (κ3) is 2.54. The van der Waals surface area contributed by atoms with Crippen molar-refractivity contribution < 1.29 is 19.4 Å². The second kappa shape index (κ2) is 4.70. The predicted molar refractivity (Wildman–Crippen MR) is 61.9 cm³/mol. The molecular weight excluding hydrogens is 239 g/mol. The van der Waals surface area contributed by atoms with Crippen molar-refractivity contribution in [1.29, 1.82) is 0 Å². The zero-order chi connectivity index (χ0) is 13.1. The summed E-state index contributed by atoms with van der Waals surface area (Å²) in [6, 6.07) is 6.01. The van der Waals surface area contributed by atoms with Crippen molar-refractivity contribution in [2.24, 2.45) is 0 Å². The summed E-state index contributed by atoms with van der Waals surface area (Å²) in [7, 11) is 0. The van der Waals surface area contributed by atoms with Gasteiger partial charge in [-0.2, -0.15) is 4.39 Å². The maximum Gasteiger partial charge on any atom is 0.259 e. The highest BCUT2D eigenvalue weighted by molar-refractivity contribution is 6.06. The number of carbonyl (C=O) groups excluding carboxylic acids is 1. The van der Waals surface area contributed by atoms with Crippen LogP contribution in [0, 0.1) is 5.95 Å². The van der Waals surface area contributed by atoms with E-state index in [1.165, 1.54) is 18.2 Å². The molecule has 1 heterocycles. The van der Waals surface area contributed by atoms with E-state index in [2.05, 4.69) is 10.3 Å². The van der Waals surface area contributed by atoms with Gasteiger partial charge in [-0.15, -0.1) is 0 Å². The minimum absolute atomic E-state index is 0.0840. The number of aromatic nitrogens is 1. The average Bonchev–Trinajstić information content (AvgIpc) is 2.35. The van der Waals surface area contributed by atoms with Crippen molar-refractivity contribution in [1.82, 2.24) is 4.98 Å². The molecule has 0 fully saturated rings. The number of phenols is 2. The molecule has 18 heavy (non-hydrogen) atoms. The van der Waals surface area contributed by atoms with Crippen LogP contribution in [0.4, 0.5) is 10.1 Å². The molecule has 6 heteroatoms. The van der Waals surface area contributed by atoms with Gasteiger partial charge < -0.3 is 15.5 Å². The Labute approximate surface area is 102 Å². The number of benzene rings is 1. The fourth-order valence-electron chi connectivity index (χ4n) is 1.35. The maximum atomic E-state index is 12.6. The Kier molecular flexibility index (Phi) is 3.09. The van der Waals surface area contributed by atoms with E-state index in [1.54, 1.807) is 0 Å². The molecule has 1 aromatic heterocycles. The van der Waals surface area contributed by atoms with Gasteiger partial charge in [0.1, 0.15) is 11.5 Å². The first-order valence-corrected chi connectivity index (χ1v) is 5.01. The number of nitrogens with one attached hydrogen (secondary N) is 1. The normalized spacial score (nSPS) is 10.1. The van der Waals surface area contributed by atoms with Gasteiger partial charge in [-0.1, -0.05) is 0 Å². The summed E-state index contributed by atoms with van der Waals surface area (Å²) in [5.41, 5.74) is 0.198. The summed E-state index contributed by atoms with van der Waals surface area (Å²) in [5.74, 6) is -1.69. The summed E-state index contributed by atoms with van der Waals surface area (Å²) in [6.45, 7) is 0. The van der Waals surface area contributed by atoms with E-state index < -0.39 is 11.9 Å². The first kappa shape index (κ1) is 11.8. The molecular formula is C12H9FN2O3. The maximum absolute atomic E-state index is 12.6. The second-order valence-electron chi connectivity index (χ2n) is 3.53. The Morgan fingerprint density at radius 1 is 1.22 bits per heavy atom. The Bertz CT molecular complexity index is 584. The van der Waals surface area contributed by atoms with Gasteiger partial charge in [0.05, 0.1) is 17.4 Å². The van der Waals surface area contributed by atoms with Crippen LogP contribution in [0.3, 0.4) is 0 Å². The lowest BCUT2D eigenvalue weighted by Gasteiger charge is -2.06. The van der Waals surface area contributed by atoms with Crippen molar-refractivity contribution in [3.05, 3.63) is 48.0 Å². The molecule has 3 N–H and O–H groups in total. The summed E-state index contributed by atoms with van der Waals surface area (Å²) in [4.78, 5) is 15.1. The molecule has 1 aromatic carbocycles. The highest BCUT2D eigenvalue weighted by Gasteiger charge is 2.12. The van der Waals surface area contributed by atoms with E-state index >= 15 is 0 Å². The lowest BCUT2D eigenvalue weighted by molar-refractivity contribution is 0.102. The SMILES string of the molecule is O=C(Nc1ccc(F)nc1)c1cc(O)ccc1O. The number of hydrogen-bond donors (Lipinski definition) is 3. The molecule has 0 saturated carbocycles. The van der Waals surface area contributed by atoms with Crippen LogP contribution in [-0.4, -0.2) is 21.1 Å². The topological polar surface area (TPSA) is 82.5 Å². The zero-order valence-corrected chi connectivity index (χ0v) is 9.09. The van der Waals surface area contributed by atoms with E-state index in [4.69, 9.17) is 0 Å². The number of aromatic hydroxyl groups is 2. The van der Waals surface area contributed by atoms with Gasteiger partial charge in [0, 0.05) is 0 Å². The number of carbonyl (C=O) groups is 1. The first-order valence-electron chi connectivity index (χ1n) is 5.01. The molecule has 0 bridgehead atoms. The fourth-order valence-corrected chi connectivity index (χ4v) is 1.35. The van der Waals surface area contributed by atoms with Crippen LogP contribution in [0.1, 0.15) is 10.4 Å². The second-order valence-corrected chi connectivity index (χ2v) is 3.53. The molecule has 0 aliphatic carbocycles. The molecule has 0 unspecified atom stereocenters. The van der Waals surface area contributed by atoms with Gasteiger partial charge in [-0.05, 0) is 30.3 Å². The lowest BCUT2D eigenvalue weighted by Crippen LogP contribution is -2.12. The molecule has 0 radical (unpaired) electrons. The smallest absolute Gasteiger partial charge is 0.259 e. The predicted octanol–water partition coefficient (Wildman–Crippen LogP) is 1.88. The van der Waals surface area contributed by atoms with E-state index in [0.717, 1.165) is 18.3 Å². The van der Waals surface area contributed by atoms with Crippen LogP contribution in [0.2, 0.25) is 0 Å². The monoisotopic (exact) mass is 248 g/mol. The molecule has 0 aliphatic rings. The third-order valence-corrected chi connectivity index (χ3v) is 2.21. The highest BCUT2D eigenvalue weighted by atomic mass is 19.1. The van der Waals surface area contributed by atoms with E-state index in [9.17, 15) is 19.4 Å². The van der Waals surface area contributed by atoms with Gasteiger partial charge in [-0.3, -0.25) is 4.79 Å². The van der Waals surface area contributed by atoms with Crippen molar-refractivity contribution in [3.8, 4) is 11.5 Å². The minimum atomic E-state index is -0.659. The van der Waals surface area contributed by atoms with Crippen LogP contribution < -0.4 is 5.32 Å². The fraction of sp³-hybridized carbons (Fsp3) is 0. The quantitative estimate of drug-likeness (QED) is 0.559. The minimum Gasteiger partial charge on any atom is -0.508 e. The Hall–Kier alpha value is -2.63. The van der Waals surface area contributed by atoms with E-state index in [0.29, 0.717) is 0 Å². The molecule has 0 atom stereocenters. The average molecular weight is 248 g/mol. The van der Waals surface area contributed by atoms with E-state index in [1.807, 2.05) is 0 Å². The Balaban J connectivity index is 2.21. The number of phenolic OH excluding ortho intramolecular Hbond substituents is 2. The molecule has 2 rings (SSSR count). The van der Waals surface area contributed by atoms with Gasteiger partial charge in [-0.25, -0.2) is 4.98 Å². The molecule has 2 aromatic rings. The molecule has 0 spiro atoms. The summed E-state index contributed by atoms with van der Waals surface area (Å²) in [6.07, 6.45) is 1.15. The number of pyridine rings is 1. The largest absolute Gasteiger partial charge is 0.508 e. The van der Waals surface area contributed by atoms with E-state index in [-0.39, 0.29) is 22.7 Å². The Morgan fingerprint density at radius 2 is 2.00 bits per heavy atom. The van der Waals surface area contributed by atoms with Crippen LogP contribution in [-0.2, 0) is 0 Å². The number of rotatable bonds is 2. The standard InChI is InChI=1S/C12H9FN2O3/c13-11-4-1-7(6-14-11)15-12(18)9-5-8(16)2-3-10(9)17/h1-6,16-17H,(H,15,18). The summed E-state index contributed by atoms with van der Waals surface area (Å²) < 4.78 is 12.6.